The summed E-state index contributed by atoms with van der Waals surface area (Å²) < 4.78 is 6.06. The number of cyclic esters (lactones) is 1. The number of nitrogens with two attached hydrogens (primary N) is 1. The average molecular weight is 394 g/mol. The highest BCUT2D eigenvalue weighted by molar-refractivity contribution is 6.02. The van der Waals surface area contributed by atoms with Gasteiger partial charge in [0, 0.05) is 18.0 Å². The number of carbonyl (C=O) groups is 2. The average Bonchev–Trinajstić information content (AvgIpc) is 2.70. The highest BCUT2D eigenvalue weighted by Gasteiger charge is 2.48. The number of Topliss-reactive ketones (excluding diaryl/α,β-unsaturated/α-hetero) is 1. The zero-order chi connectivity index (χ0) is 20.9. The second-order valence-electron chi connectivity index (χ2n) is 8.15. The second-order valence-corrected chi connectivity index (χ2v) is 8.15. The third-order valence-electron chi connectivity index (χ3n) is 6.01. The minimum absolute atomic E-state index is 0.00274. The lowest BCUT2D eigenvalue weighted by Gasteiger charge is -2.40. The molecule has 2 aromatic carbocycles. The van der Waals surface area contributed by atoms with E-state index in [-0.39, 0.29) is 17.7 Å². The zero-order valence-electron chi connectivity index (χ0n) is 17.4. The maximum Gasteiger partial charge on any atom is 0.317 e. The van der Waals surface area contributed by atoms with Gasteiger partial charge < -0.3 is 10.5 Å². The van der Waals surface area contributed by atoms with Crippen LogP contribution in [0.25, 0.3) is 0 Å². The second kappa shape index (κ2) is 9.25. The molecule has 0 radical (unpaired) electrons. The standard InChI is InChI=1S/C25H31NO3/c1-3-14-25(15-13-18-9-6-5-7-10-18)17-22(27)23(24(28)29-25)21(4-2)19-11-8-12-20(26)16-19/h5-12,16,21,23H,3-4,13-15,17,26H2,1-2H3/t21-,23?,25+/m0/s1. The summed E-state index contributed by atoms with van der Waals surface area (Å²) in [6, 6.07) is 17.6. The lowest BCUT2D eigenvalue weighted by Crippen LogP contribution is -2.49. The van der Waals surface area contributed by atoms with E-state index in [0.717, 1.165) is 18.4 Å². The van der Waals surface area contributed by atoms with Crippen molar-refractivity contribution in [1.82, 2.24) is 0 Å². The van der Waals surface area contributed by atoms with E-state index in [9.17, 15) is 9.59 Å². The van der Waals surface area contributed by atoms with E-state index in [1.54, 1.807) is 0 Å². The molecular formula is C25H31NO3. The molecule has 2 N–H and O–H groups in total. The van der Waals surface area contributed by atoms with Gasteiger partial charge in [-0.3, -0.25) is 9.59 Å². The van der Waals surface area contributed by atoms with Gasteiger partial charge in [0.1, 0.15) is 11.5 Å². The Kier molecular flexibility index (Phi) is 6.73. The maximum atomic E-state index is 13.2. The zero-order valence-corrected chi connectivity index (χ0v) is 17.4. The van der Waals surface area contributed by atoms with Crippen LogP contribution >= 0.6 is 0 Å². The van der Waals surface area contributed by atoms with Crippen molar-refractivity contribution in [3.05, 3.63) is 65.7 Å². The van der Waals surface area contributed by atoms with Crippen LogP contribution in [-0.4, -0.2) is 17.4 Å². The molecule has 29 heavy (non-hydrogen) atoms. The topological polar surface area (TPSA) is 69.4 Å². The third kappa shape index (κ3) is 4.87. The molecule has 1 aliphatic rings. The van der Waals surface area contributed by atoms with Crippen LogP contribution in [0.5, 0.6) is 0 Å². The molecule has 4 heteroatoms. The lowest BCUT2D eigenvalue weighted by atomic mass is 9.74. The quantitative estimate of drug-likeness (QED) is 0.386. The van der Waals surface area contributed by atoms with Crippen molar-refractivity contribution >= 4 is 17.4 Å². The molecule has 3 rings (SSSR count). The lowest BCUT2D eigenvalue weighted by molar-refractivity contribution is -0.180. The van der Waals surface area contributed by atoms with Gasteiger partial charge in [0.25, 0.3) is 0 Å². The summed E-state index contributed by atoms with van der Waals surface area (Å²) in [5, 5.41) is 0. The molecule has 0 spiro atoms. The number of rotatable bonds is 8. The molecule has 0 aromatic heterocycles. The highest BCUT2D eigenvalue weighted by Crippen LogP contribution is 2.41. The Hall–Kier alpha value is -2.62. The van der Waals surface area contributed by atoms with Gasteiger partial charge in [-0.05, 0) is 48.9 Å². The van der Waals surface area contributed by atoms with Gasteiger partial charge in [-0.1, -0.05) is 62.7 Å². The van der Waals surface area contributed by atoms with E-state index < -0.39 is 11.5 Å². The molecule has 1 fully saturated rings. The number of carbonyl (C=O) groups excluding carboxylic acids is 2. The molecule has 154 valence electrons. The fourth-order valence-corrected chi connectivity index (χ4v) is 4.59. The van der Waals surface area contributed by atoms with E-state index in [4.69, 9.17) is 10.5 Å². The first kappa shape index (κ1) is 21.1. The Morgan fingerprint density at radius 2 is 1.83 bits per heavy atom. The van der Waals surface area contributed by atoms with E-state index in [2.05, 4.69) is 19.1 Å². The van der Waals surface area contributed by atoms with Crippen molar-refractivity contribution in [1.29, 1.82) is 0 Å². The first-order valence-corrected chi connectivity index (χ1v) is 10.6. The summed E-state index contributed by atoms with van der Waals surface area (Å²) in [6.45, 7) is 4.06. The monoisotopic (exact) mass is 393 g/mol. The molecule has 1 aliphatic heterocycles. The Bertz CT molecular complexity index is 828. The molecule has 0 amide bonds. The number of anilines is 1. The number of esters is 1. The number of hydrogen-bond acceptors (Lipinski definition) is 4. The molecule has 0 bridgehead atoms. The molecule has 1 unspecified atom stereocenters. The summed E-state index contributed by atoms with van der Waals surface area (Å²) in [7, 11) is 0. The van der Waals surface area contributed by atoms with Crippen LogP contribution in [0, 0.1) is 5.92 Å². The van der Waals surface area contributed by atoms with Crippen molar-refractivity contribution in [3.8, 4) is 0 Å². The van der Waals surface area contributed by atoms with Crippen LogP contribution in [0.2, 0.25) is 0 Å². The number of hydrogen-bond donors (Lipinski definition) is 1. The summed E-state index contributed by atoms with van der Waals surface area (Å²) in [6.07, 6.45) is 4.01. The predicted molar refractivity (Wildman–Crippen MR) is 115 cm³/mol. The third-order valence-corrected chi connectivity index (χ3v) is 6.01. The molecule has 1 saturated heterocycles. The number of benzene rings is 2. The number of ketones is 1. The predicted octanol–water partition coefficient (Wildman–Crippen LogP) is 5.07. The summed E-state index contributed by atoms with van der Waals surface area (Å²) in [5.74, 6) is -1.33. The molecular weight excluding hydrogens is 362 g/mol. The van der Waals surface area contributed by atoms with E-state index >= 15 is 0 Å². The van der Waals surface area contributed by atoms with Crippen molar-refractivity contribution in [3.63, 3.8) is 0 Å². The van der Waals surface area contributed by atoms with Gasteiger partial charge >= 0.3 is 5.97 Å². The van der Waals surface area contributed by atoms with E-state index in [0.29, 0.717) is 31.4 Å². The smallest absolute Gasteiger partial charge is 0.317 e. The van der Waals surface area contributed by atoms with Crippen LogP contribution in [0.3, 0.4) is 0 Å². The largest absolute Gasteiger partial charge is 0.458 e. The molecule has 4 nitrogen and oxygen atoms in total. The van der Waals surface area contributed by atoms with Crippen molar-refractivity contribution in [2.45, 2.75) is 63.9 Å². The van der Waals surface area contributed by atoms with Gasteiger partial charge in [0.2, 0.25) is 0 Å². The number of aryl methyl sites for hydroxylation is 1. The first-order valence-electron chi connectivity index (χ1n) is 10.6. The van der Waals surface area contributed by atoms with E-state index in [1.165, 1.54) is 5.56 Å². The van der Waals surface area contributed by atoms with Gasteiger partial charge in [-0.25, -0.2) is 0 Å². The minimum atomic E-state index is -0.747. The van der Waals surface area contributed by atoms with Crippen LogP contribution in [-0.2, 0) is 20.7 Å². The van der Waals surface area contributed by atoms with Gasteiger partial charge in [0.05, 0.1) is 0 Å². The Labute approximate surface area is 173 Å². The molecule has 0 aliphatic carbocycles. The molecule has 2 aromatic rings. The normalized spacial score (nSPS) is 22.9. The van der Waals surface area contributed by atoms with Crippen molar-refractivity contribution < 1.29 is 14.3 Å². The van der Waals surface area contributed by atoms with Crippen LogP contribution < -0.4 is 5.73 Å². The van der Waals surface area contributed by atoms with Gasteiger partial charge in [0.15, 0.2) is 5.78 Å². The van der Waals surface area contributed by atoms with Crippen LogP contribution in [0.15, 0.2) is 54.6 Å². The molecule has 3 atom stereocenters. The fraction of sp³-hybridized carbons (Fsp3) is 0.440. The van der Waals surface area contributed by atoms with Crippen LogP contribution in [0.4, 0.5) is 5.69 Å². The first-order chi connectivity index (χ1) is 14.0. The van der Waals surface area contributed by atoms with Gasteiger partial charge in [-0.15, -0.1) is 0 Å². The van der Waals surface area contributed by atoms with E-state index in [1.807, 2.05) is 49.4 Å². The molecule has 0 saturated carbocycles. The Morgan fingerprint density at radius 3 is 2.45 bits per heavy atom. The number of nitrogen functional groups attached to an aromatic ring is 1. The fourth-order valence-electron chi connectivity index (χ4n) is 4.59. The maximum absolute atomic E-state index is 13.2. The summed E-state index contributed by atoms with van der Waals surface area (Å²) >= 11 is 0. The summed E-state index contributed by atoms with van der Waals surface area (Å²) in [5.41, 5.74) is 7.99. The van der Waals surface area contributed by atoms with Gasteiger partial charge in [-0.2, -0.15) is 0 Å². The molecule has 1 heterocycles. The van der Waals surface area contributed by atoms with Crippen molar-refractivity contribution in [2.24, 2.45) is 5.92 Å². The van der Waals surface area contributed by atoms with Crippen LogP contribution in [0.1, 0.15) is 63.0 Å². The van der Waals surface area contributed by atoms with Crippen molar-refractivity contribution in [2.75, 3.05) is 5.73 Å². The highest BCUT2D eigenvalue weighted by atomic mass is 16.6. The Balaban J connectivity index is 1.80. The SMILES string of the molecule is CCC[C@@]1(CCc2ccccc2)CC(=O)C([C@@H](CC)c2cccc(N)c2)C(=O)O1. The Morgan fingerprint density at radius 1 is 1.07 bits per heavy atom. The number of ether oxygens (including phenoxy) is 1. The minimum Gasteiger partial charge on any atom is -0.458 e. The summed E-state index contributed by atoms with van der Waals surface area (Å²) in [4.78, 5) is 26.3.